The Bertz CT molecular complexity index is 1590. The van der Waals surface area contributed by atoms with Crippen LogP contribution >= 0.6 is 0 Å². The first-order valence-corrected chi connectivity index (χ1v) is 16.4. The van der Waals surface area contributed by atoms with Gasteiger partial charge in [0.2, 0.25) is 12.5 Å². The van der Waals surface area contributed by atoms with Crippen LogP contribution in [0.15, 0.2) is 49.1 Å². The molecule has 0 N–H and O–H groups in total. The highest BCUT2D eigenvalue weighted by molar-refractivity contribution is 5.97. The summed E-state index contributed by atoms with van der Waals surface area (Å²) in [5, 5.41) is 2.52. The van der Waals surface area contributed by atoms with Gasteiger partial charge < -0.3 is 24.3 Å². The number of piperazine rings is 1. The molecule has 9 nitrogen and oxygen atoms in total. The van der Waals surface area contributed by atoms with E-state index in [2.05, 4.69) is 83.4 Å². The van der Waals surface area contributed by atoms with Crippen molar-refractivity contribution in [2.75, 3.05) is 56.1 Å². The number of aromatic nitrogens is 2. The van der Waals surface area contributed by atoms with Crippen LogP contribution in [0.25, 0.3) is 15.6 Å². The lowest BCUT2D eigenvalue weighted by molar-refractivity contribution is -0.128. The van der Waals surface area contributed by atoms with Gasteiger partial charge in [0.1, 0.15) is 18.0 Å². The van der Waals surface area contributed by atoms with Gasteiger partial charge in [0.15, 0.2) is 0 Å². The molecule has 1 saturated carbocycles. The highest BCUT2D eigenvalue weighted by atomic mass is 16.5. The molecule has 236 valence electrons. The van der Waals surface area contributed by atoms with Crippen LogP contribution in [0.3, 0.4) is 0 Å². The van der Waals surface area contributed by atoms with Crippen LogP contribution in [-0.2, 0) is 17.8 Å². The first-order chi connectivity index (χ1) is 21.9. The van der Waals surface area contributed by atoms with Crippen molar-refractivity contribution in [2.45, 2.75) is 70.7 Å². The lowest BCUT2D eigenvalue weighted by Crippen LogP contribution is -2.56. The van der Waals surface area contributed by atoms with E-state index in [4.69, 9.17) is 21.3 Å². The number of carbonyl (C=O) groups excluding carboxylic acids is 1. The summed E-state index contributed by atoms with van der Waals surface area (Å²) in [5.41, 5.74) is 4.61. The van der Waals surface area contributed by atoms with Crippen molar-refractivity contribution in [3.05, 3.63) is 77.3 Å². The Morgan fingerprint density at radius 3 is 2.69 bits per heavy atom. The molecular formula is C36H45N7O2. The molecule has 2 fully saturated rings. The maximum Gasteiger partial charge on any atom is 0.318 e. The monoisotopic (exact) mass is 607 g/mol. The zero-order valence-corrected chi connectivity index (χ0v) is 26.9. The molecule has 2 aliphatic heterocycles. The summed E-state index contributed by atoms with van der Waals surface area (Å²) in [4.78, 5) is 35.3. The smallest absolute Gasteiger partial charge is 0.318 e. The third-order valence-electron chi connectivity index (χ3n) is 9.91. The molecule has 2 atom stereocenters. The third kappa shape index (κ3) is 6.34. The predicted octanol–water partition coefficient (Wildman–Crippen LogP) is 5.27. The highest BCUT2D eigenvalue weighted by Crippen LogP contribution is 2.36. The number of fused-ring (bicyclic) bond motifs is 2. The number of likely N-dealkylation sites (N-methyl/N-ethyl adjacent to an activating group) is 1. The van der Waals surface area contributed by atoms with Crippen molar-refractivity contribution in [3.63, 3.8) is 0 Å². The molecule has 1 aromatic heterocycles. The molecule has 3 aromatic rings. The van der Waals surface area contributed by atoms with Crippen LogP contribution < -0.4 is 14.5 Å². The van der Waals surface area contributed by atoms with Crippen LogP contribution in [0, 0.1) is 13.5 Å². The minimum absolute atomic E-state index is 0.0150. The van der Waals surface area contributed by atoms with Gasteiger partial charge >= 0.3 is 6.01 Å². The number of ether oxygens (including phenoxy) is 1. The van der Waals surface area contributed by atoms with Crippen molar-refractivity contribution < 1.29 is 9.53 Å². The second-order valence-corrected chi connectivity index (χ2v) is 12.7. The average molecular weight is 608 g/mol. The molecule has 6 rings (SSSR count). The van der Waals surface area contributed by atoms with Crippen molar-refractivity contribution in [1.82, 2.24) is 19.8 Å². The molecule has 1 amide bonds. The van der Waals surface area contributed by atoms with Crippen molar-refractivity contribution in [3.8, 4) is 6.01 Å². The fourth-order valence-electron chi connectivity index (χ4n) is 7.09. The largest absolute Gasteiger partial charge is 0.459 e. The van der Waals surface area contributed by atoms with Gasteiger partial charge in [0.25, 0.3) is 0 Å². The fourth-order valence-corrected chi connectivity index (χ4v) is 7.09. The first kappa shape index (κ1) is 30.8. The number of benzene rings is 2. The number of carbonyl (C=O) groups is 1. The van der Waals surface area contributed by atoms with E-state index in [0.717, 1.165) is 43.0 Å². The average Bonchev–Trinajstić information content (AvgIpc) is 3.02. The molecule has 1 saturated heterocycles. The second kappa shape index (κ2) is 13.5. The number of anilines is 2. The summed E-state index contributed by atoms with van der Waals surface area (Å²) in [7, 11) is 2.19. The molecule has 3 heterocycles. The standard InChI is InChI=1S/C36H45N7O2/c1-6-29(23-40(5)27-14-10-15-27)45-36-38-31-24-41(32-16-9-13-26-12-8-11-25(3)34(26)32)18-17-30(31)35(39-36)42-19-20-43(33(44)7-2)28(22-42)21-37-4/h7-9,11-13,16,27-29H,2,6,10,14-15,17-24H2,1,3,5H3/t28-,29+/m0/s1. The van der Waals surface area contributed by atoms with Gasteiger partial charge in [-0.05, 0) is 62.7 Å². The number of amides is 1. The maximum atomic E-state index is 12.6. The molecule has 9 heteroatoms. The molecule has 0 bridgehead atoms. The normalized spacial score (nSPS) is 19.2. The van der Waals surface area contributed by atoms with Crippen molar-refractivity contribution in [1.29, 1.82) is 0 Å². The molecule has 0 spiro atoms. The van der Waals surface area contributed by atoms with Crippen molar-refractivity contribution >= 4 is 28.2 Å². The highest BCUT2D eigenvalue weighted by Gasteiger charge is 2.35. The van der Waals surface area contributed by atoms with Gasteiger partial charge in [-0.3, -0.25) is 9.69 Å². The summed E-state index contributed by atoms with van der Waals surface area (Å²) >= 11 is 0. The number of nitrogens with zero attached hydrogens (tertiary/aromatic N) is 7. The Balaban J connectivity index is 1.34. The van der Waals surface area contributed by atoms with Crippen molar-refractivity contribution in [2.24, 2.45) is 0 Å². The van der Waals surface area contributed by atoms with Crippen LogP contribution in [-0.4, -0.2) is 90.2 Å². The maximum absolute atomic E-state index is 12.6. The van der Waals surface area contributed by atoms with Crippen LogP contribution in [0.4, 0.5) is 11.5 Å². The third-order valence-corrected chi connectivity index (χ3v) is 9.91. The van der Waals surface area contributed by atoms with Gasteiger partial charge in [-0.25, -0.2) is 6.57 Å². The zero-order chi connectivity index (χ0) is 31.5. The topological polar surface area (TPSA) is 69.4 Å². The fraction of sp³-hybridized carbons (Fsp3) is 0.500. The van der Waals surface area contributed by atoms with Crippen LogP contribution in [0.1, 0.15) is 49.4 Å². The Kier molecular flexibility index (Phi) is 9.22. The summed E-state index contributed by atoms with van der Waals surface area (Å²) in [5.74, 6) is 0.756. The first-order valence-electron chi connectivity index (χ1n) is 16.4. The minimum atomic E-state index is -0.227. The van der Waals surface area contributed by atoms with E-state index in [0.29, 0.717) is 38.2 Å². The van der Waals surface area contributed by atoms with Gasteiger partial charge in [-0.15, -0.1) is 0 Å². The number of aryl methyl sites for hydroxylation is 1. The molecule has 3 aliphatic rings. The lowest BCUT2D eigenvalue weighted by atomic mass is 9.91. The van der Waals surface area contributed by atoms with Crippen LogP contribution in [0.5, 0.6) is 6.01 Å². The van der Waals surface area contributed by atoms with Crippen LogP contribution in [0.2, 0.25) is 0 Å². The van der Waals surface area contributed by atoms with E-state index in [1.807, 2.05) is 0 Å². The van der Waals surface area contributed by atoms with E-state index in [1.165, 1.54) is 47.4 Å². The van der Waals surface area contributed by atoms with Gasteiger partial charge in [-0.1, -0.05) is 50.3 Å². The molecule has 1 aliphatic carbocycles. The molecule has 0 radical (unpaired) electrons. The van der Waals surface area contributed by atoms with Gasteiger partial charge in [0, 0.05) is 55.4 Å². The molecule has 45 heavy (non-hydrogen) atoms. The SMILES string of the molecule is [C-]#[N+]C[C@H]1CN(c2nc(O[C@H](CC)CN(C)C3CCC3)nc3c2CCN(c2cccc4cccc(C)c24)C3)CCN1C(=O)C=C. The zero-order valence-electron chi connectivity index (χ0n) is 26.9. The Hall–Kier alpha value is -4.16. The predicted molar refractivity (Wildman–Crippen MR) is 180 cm³/mol. The molecular weight excluding hydrogens is 562 g/mol. The molecule has 2 aromatic carbocycles. The lowest BCUT2D eigenvalue weighted by Gasteiger charge is -2.41. The Morgan fingerprint density at radius 2 is 1.98 bits per heavy atom. The summed E-state index contributed by atoms with van der Waals surface area (Å²) < 4.78 is 6.60. The number of hydrogen-bond donors (Lipinski definition) is 0. The van der Waals surface area contributed by atoms with Gasteiger partial charge in [-0.2, -0.15) is 9.97 Å². The van der Waals surface area contributed by atoms with E-state index in [-0.39, 0.29) is 24.6 Å². The number of hydrogen-bond acceptors (Lipinski definition) is 7. The quantitative estimate of drug-likeness (QED) is 0.230. The van der Waals surface area contributed by atoms with E-state index in [1.54, 1.807) is 4.90 Å². The molecule has 0 unspecified atom stereocenters. The number of rotatable bonds is 10. The summed E-state index contributed by atoms with van der Waals surface area (Å²) in [6, 6.07) is 13.8. The minimum Gasteiger partial charge on any atom is -0.459 e. The van der Waals surface area contributed by atoms with E-state index in [9.17, 15) is 4.79 Å². The summed E-state index contributed by atoms with van der Waals surface area (Å²) in [6.45, 7) is 19.9. The van der Waals surface area contributed by atoms with E-state index >= 15 is 0 Å². The van der Waals surface area contributed by atoms with Gasteiger partial charge in [0.05, 0.1) is 12.2 Å². The Labute approximate surface area is 267 Å². The second-order valence-electron chi connectivity index (χ2n) is 12.7. The summed E-state index contributed by atoms with van der Waals surface area (Å²) in [6.07, 6.45) is 6.80. The Morgan fingerprint density at radius 1 is 1.18 bits per heavy atom. The van der Waals surface area contributed by atoms with E-state index < -0.39 is 0 Å².